The fraction of sp³-hybridized carbons (Fsp3) is 0.105. The molecule has 0 aliphatic carbocycles. The minimum Gasteiger partial charge on any atom is -0.497 e. The Morgan fingerprint density at radius 1 is 1.04 bits per heavy atom. The summed E-state index contributed by atoms with van der Waals surface area (Å²) in [5, 5.41) is 16.0. The van der Waals surface area contributed by atoms with Crippen LogP contribution in [-0.4, -0.2) is 26.9 Å². The zero-order chi connectivity index (χ0) is 17.9. The number of fused-ring (bicyclic) bond motifs is 1. The quantitative estimate of drug-likeness (QED) is 0.596. The third-order valence-corrected chi connectivity index (χ3v) is 3.95. The highest BCUT2D eigenvalue weighted by Gasteiger charge is 2.09. The van der Waals surface area contributed by atoms with Crippen molar-refractivity contribution >= 4 is 17.2 Å². The second-order valence-corrected chi connectivity index (χ2v) is 5.77. The number of rotatable bonds is 5. The van der Waals surface area contributed by atoms with Gasteiger partial charge in [-0.1, -0.05) is 18.2 Å². The zero-order valence-electron chi connectivity index (χ0n) is 14.1. The normalized spacial score (nSPS) is 10.8. The molecule has 2 heterocycles. The van der Waals surface area contributed by atoms with E-state index >= 15 is 0 Å². The third kappa shape index (κ3) is 3.32. The minimum absolute atomic E-state index is 0.305. The first-order valence-electron chi connectivity index (χ1n) is 8.08. The number of nitrogens with zero attached hydrogens (tertiary/aromatic N) is 4. The molecule has 4 aromatic rings. The van der Waals surface area contributed by atoms with Gasteiger partial charge in [0.15, 0.2) is 17.3 Å². The molecule has 0 amide bonds. The number of aromatic nitrogens is 4. The smallest absolute Gasteiger partial charge is 0.178 e. The lowest BCUT2D eigenvalue weighted by atomic mass is 10.1. The van der Waals surface area contributed by atoms with Crippen LogP contribution in [0.15, 0.2) is 60.7 Å². The van der Waals surface area contributed by atoms with Crippen LogP contribution < -0.4 is 10.1 Å². The van der Waals surface area contributed by atoms with Crippen LogP contribution in [0.25, 0.3) is 5.65 Å². The van der Waals surface area contributed by atoms with Crippen LogP contribution in [0.1, 0.15) is 11.4 Å². The lowest BCUT2D eigenvalue weighted by Crippen LogP contribution is -2.03. The SMILES string of the molecule is COc1ccc(Cc2nnc3ccc(Nc4cccc(F)c4)nn23)cc1. The summed E-state index contributed by atoms with van der Waals surface area (Å²) < 4.78 is 20.2. The van der Waals surface area contributed by atoms with Gasteiger partial charge in [0.25, 0.3) is 0 Å². The molecule has 2 aromatic carbocycles. The fourth-order valence-corrected chi connectivity index (χ4v) is 2.65. The molecule has 0 bridgehead atoms. The van der Waals surface area contributed by atoms with Crippen molar-refractivity contribution in [2.45, 2.75) is 6.42 Å². The molecule has 130 valence electrons. The van der Waals surface area contributed by atoms with Crippen LogP contribution in [0.5, 0.6) is 5.75 Å². The van der Waals surface area contributed by atoms with Gasteiger partial charge >= 0.3 is 0 Å². The Morgan fingerprint density at radius 3 is 2.65 bits per heavy atom. The van der Waals surface area contributed by atoms with E-state index in [2.05, 4.69) is 20.6 Å². The molecule has 7 heteroatoms. The maximum Gasteiger partial charge on any atom is 0.178 e. The molecule has 0 unspecified atom stereocenters. The topological polar surface area (TPSA) is 64.3 Å². The molecule has 0 aliphatic heterocycles. The van der Waals surface area contributed by atoms with Gasteiger partial charge < -0.3 is 10.1 Å². The van der Waals surface area contributed by atoms with Crippen LogP contribution in [0.2, 0.25) is 0 Å². The maximum absolute atomic E-state index is 13.3. The van der Waals surface area contributed by atoms with Gasteiger partial charge in [0.1, 0.15) is 11.6 Å². The second kappa shape index (κ2) is 6.79. The van der Waals surface area contributed by atoms with Crippen LogP contribution in [-0.2, 0) is 6.42 Å². The monoisotopic (exact) mass is 349 g/mol. The Kier molecular flexibility index (Phi) is 4.18. The number of methoxy groups -OCH3 is 1. The summed E-state index contributed by atoms with van der Waals surface area (Å²) in [6, 6.07) is 17.6. The molecule has 0 atom stereocenters. The van der Waals surface area contributed by atoms with Gasteiger partial charge in [0.05, 0.1) is 7.11 Å². The third-order valence-electron chi connectivity index (χ3n) is 3.95. The molecule has 26 heavy (non-hydrogen) atoms. The van der Waals surface area contributed by atoms with Gasteiger partial charge in [-0.05, 0) is 48.0 Å². The van der Waals surface area contributed by atoms with Gasteiger partial charge in [-0.3, -0.25) is 0 Å². The Morgan fingerprint density at radius 2 is 1.88 bits per heavy atom. The molecule has 4 rings (SSSR count). The summed E-state index contributed by atoms with van der Waals surface area (Å²) >= 11 is 0. The summed E-state index contributed by atoms with van der Waals surface area (Å²) in [6.45, 7) is 0. The maximum atomic E-state index is 13.3. The summed E-state index contributed by atoms with van der Waals surface area (Å²) in [5.41, 5.74) is 2.35. The molecule has 0 radical (unpaired) electrons. The molecular weight excluding hydrogens is 333 g/mol. The van der Waals surface area contributed by atoms with Crippen molar-refractivity contribution in [3.63, 3.8) is 0 Å². The lowest BCUT2D eigenvalue weighted by Gasteiger charge is -2.07. The minimum atomic E-state index is -0.305. The number of nitrogens with one attached hydrogen (secondary N) is 1. The Balaban J connectivity index is 1.61. The average molecular weight is 349 g/mol. The standard InChI is InChI=1S/C19H16FN5O/c1-26-16-7-5-13(6-8-16)11-19-23-22-18-10-9-17(24-25(18)19)21-15-4-2-3-14(20)12-15/h2-10,12H,11H2,1H3,(H,21,24). The summed E-state index contributed by atoms with van der Waals surface area (Å²) in [7, 11) is 1.64. The van der Waals surface area contributed by atoms with E-state index in [1.54, 1.807) is 29.8 Å². The number of halogens is 1. The van der Waals surface area contributed by atoms with Crippen LogP contribution in [0.3, 0.4) is 0 Å². The van der Waals surface area contributed by atoms with Crippen molar-refractivity contribution in [2.75, 3.05) is 12.4 Å². The molecule has 0 saturated carbocycles. The average Bonchev–Trinajstić information content (AvgIpc) is 3.05. The fourth-order valence-electron chi connectivity index (χ4n) is 2.65. The van der Waals surface area contributed by atoms with Crippen molar-refractivity contribution in [1.29, 1.82) is 0 Å². The lowest BCUT2D eigenvalue weighted by molar-refractivity contribution is 0.414. The Bertz CT molecular complexity index is 1050. The summed E-state index contributed by atoms with van der Waals surface area (Å²) in [6.07, 6.45) is 0.585. The highest BCUT2D eigenvalue weighted by molar-refractivity contribution is 5.57. The second-order valence-electron chi connectivity index (χ2n) is 5.77. The van der Waals surface area contributed by atoms with Crippen LogP contribution in [0.4, 0.5) is 15.9 Å². The van der Waals surface area contributed by atoms with Gasteiger partial charge in [-0.15, -0.1) is 15.3 Å². The molecule has 1 N–H and O–H groups in total. The molecule has 0 saturated heterocycles. The summed E-state index contributed by atoms with van der Waals surface area (Å²) in [4.78, 5) is 0. The molecule has 0 aliphatic rings. The van der Waals surface area contributed by atoms with Crippen molar-refractivity contribution in [2.24, 2.45) is 0 Å². The van der Waals surface area contributed by atoms with Gasteiger partial charge in [0, 0.05) is 12.1 Å². The molecule has 0 spiro atoms. The van der Waals surface area contributed by atoms with Crippen LogP contribution >= 0.6 is 0 Å². The predicted molar refractivity (Wildman–Crippen MR) is 96.3 cm³/mol. The Labute approximate surface area is 149 Å². The van der Waals surface area contributed by atoms with E-state index in [-0.39, 0.29) is 5.82 Å². The van der Waals surface area contributed by atoms with Gasteiger partial charge in [-0.25, -0.2) is 4.39 Å². The van der Waals surface area contributed by atoms with E-state index in [4.69, 9.17) is 4.74 Å². The number of ether oxygens (including phenoxy) is 1. The Hall–Kier alpha value is -3.48. The number of benzene rings is 2. The summed E-state index contributed by atoms with van der Waals surface area (Å²) in [5.74, 6) is 1.80. The number of hydrogen-bond donors (Lipinski definition) is 1. The van der Waals surface area contributed by atoms with Gasteiger partial charge in [-0.2, -0.15) is 4.52 Å². The molecule has 0 fully saturated rings. The van der Waals surface area contributed by atoms with Gasteiger partial charge in [0.2, 0.25) is 0 Å². The first kappa shape index (κ1) is 16.0. The van der Waals surface area contributed by atoms with Crippen molar-refractivity contribution in [3.05, 3.63) is 77.9 Å². The van der Waals surface area contributed by atoms with E-state index < -0.39 is 0 Å². The van der Waals surface area contributed by atoms with Crippen molar-refractivity contribution in [1.82, 2.24) is 19.8 Å². The van der Waals surface area contributed by atoms with E-state index in [0.717, 1.165) is 11.3 Å². The highest BCUT2D eigenvalue weighted by atomic mass is 19.1. The highest BCUT2D eigenvalue weighted by Crippen LogP contribution is 2.18. The first-order chi connectivity index (χ1) is 12.7. The van der Waals surface area contributed by atoms with Crippen molar-refractivity contribution < 1.29 is 9.13 Å². The van der Waals surface area contributed by atoms with Crippen molar-refractivity contribution in [3.8, 4) is 5.75 Å². The van der Waals surface area contributed by atoms with E-state index in [1.165, 1.54) is 12.1 Å². The van der Waals surface area contributed by atoms with Crippen LogP contribution in [0, 0.1) is 5.82 Å². The predicted octanol–water partition coefficient (Wildman–Crippen LogP) is 3.61. The zero-order valence-corrected chi connectivity index (χ0v) is 14.1. The first-order valence-corrected chi connectivity index (χ1v) is 8.08. The van der Waals surface area contributed by atoms with E-state index in [1.807, 2.05) is 30.3 Å². The molecular formula is C19H16FN5O. The number of anilines is 2. The number of hydrogen-bond acceptors (Lipinski definition) is 5. The largest absolute Gasteiger partial charge is 0.497 e. The molecule has 6 nitrogen and oxygen atoms in total. The van der Waals surface area contributed by atoms with E-state index in [9.17, 15) is 4.39 Å². The van der Waals surface area contributed by atoms with E-state index in [0.29, 0.717) is 29.4 Å². The molecule has 2 aromatic heterocycles.